The Bertz CT molecular complexity index is 681. The Morgan fingerprint density at radius 2 is 1.95 bits per heavy atom. The van der Waals surface area contributed by atoms with Gasteiger partial charge in [-0.2, -0.15) is 0 Å². The molecular formula is C12H17N5O3S. The first-order valence-corrected chi connectivity index (χ1v) is 7.88. The summed E-state index contributed by atoms with van der Waals surface area (Å²) in [5, 5.41) is 12.9. The second-order valence-corrected chi connectivity index (χ2v) is 5.94. The lowest BCUT2D eigenvalue weighted by atomic mass is 10.3. The highest BCUT2D eigenvalue weighted by Crippen LogP contribution is 2.14. The average molecular weight is 311 g/mol. The molecule has 0 spiro atoms. The number of nitrogens with zero attached hydrogens (tertiary/aromatic N) is 3. The Hall–Kier alpha value is -1.97. The second kappa shape index (κ2) is 6.66. The standard InChI is InChI=1S/C12H17N5O3S/c13-6-5-10-9-17(16-15-10)7-8-20-11-1-3-12(4-2-11)21(14,18)19/h1-4,9H,5-8,13H2,(H2,14,18,19). The van der Waals surface area contributed by atoms with Gasteiger partial charge < -0.3 is 10.5 Å². The lowest BCUT2D eigenvalue weighted by Crippen LogP contribution is -2.12. The van der Waals surface area contributed by atoms with Crippen LogP contribution in [0.5, 0.6) is 5.75 Å². The highest BCUT2D eigenvalue weighted by molar-refractivity contribution is 7.89. The van der Waals surface area contributed by atoms with Crippen molar-refractivity contribution >= 4 is 10.0 Å². The maximum Gasteiger partial charge on any atom is 0.238 e. The fraction of sp³-hybridized carbons (Fsp3) is 0.333. The van der Waals surface area contributed by atoms with Crippen molar-refractivity contribution in [2.24, 2.45) is 10.9 Å². The Kier molecular flexibility index (Phi) is 4.89. The molecule has 0 aliphatic heterocycles. The van der Waals surface area contributed by atoms with Crippen molar-refractivity contribution in [3.63, 3.8) is 0 Å². The number of aromatic nitrogens is 3. The number of nitrogens with two attached hydrogens (primary N) is 2. The molecule has 0 aliphatic carbocycles. The zero-order valence-corrected chi connectivity index (χ0v) is 12.2. The monoisotopic (exact) mass is 311 g/mol. The molecule has 9 heteroatoms. The maximum atomic E-state index is 11.1. The smallest absolute Gasteiger partial charge is 0.238 e. The van der Waals surface area contributed by atoms with Crippen molar-refractivity contribution in [3.8, 4) is 5.75 Å². The van der Waals surface area contributed by atoms with Crippen molar-refractivity contribution in [3.05, 3.63) is 36.2 Å². The third-order valence-electron chi connectivity index (χ3n) is 2.73. The minimum Gasteiger partial charge on any atom is -0.492 e. The van der Waals surface area contributed by atoms with Crippen molar-refractivity contribution in [2.45, 2.75) is 17.9 Å². The minimum absolute atomic E-state index is 0.0533. The fourth-order valence-electron chi connectivity index (χ4n) is 1.69. The molecule has 1 aromatic heterocycles. The maximum absolute atomic E-state index is 11.1. The van der Waals surface area contributed by atoms with Gasteiger partial charge in [-0.15, -0.1) is 5.10 Å². The van der Waals surface area contributed by atoms with Crippen LogP contribution < -0.4 is 15.6 Å². The van der Waals surface area contributed by atoms with Gasteiger partial charge in [-0.1, -0.05) is 5.21 Å². The molecule has 2 rings (SSSR count). The molecule has 0 atom stereocenters. The third kappa shape index (κ3) is 4.52. The van der Waals surface area contributed by atoms with Crippen LogP contribution in [-0.2, 0) is 23.0 Å². The van der Waals surface area contributed by atoms with Crippen molar-refractivity contribution in [1.82, 2.24) is 15.0 Å². The van der Waals surface area contributed by atoms with E-state index in [-0.39, 0.29) is 4.90 Å². The highest BCUT2D eigenvalue weighted by Gasteiger charge is 2.07. The SMILES string of the molecule is NCCc1cn(CCOc2ccc(S(N)(=O)=O)cc2)nn1. The quantitative estimate of drug-likeness (QED) is 0.710. The van der Waals surface area contributed by atoms with Crippen molar-refractivity contribution in [2.75, 3.05) is 13.2 Å². The molecule has 4 N–H and O–H groups in total. The summed E-state index contributed by atoms with van der Waals surface area (Å²) in [5.74, 6) is 0.560. The zero-order chi connectivity index (χ0) is 15.3. The fourth-order valence-corrected chi connectivity index (χ4v) is 2.21. The van der Waals surface area contributed by atoms with E-state index in [2.05, 4.69) is 10.3 Å². The first kappa shape index (κ1) is 15.4. The lowest BCUT2D eigenvalue weighted by Gasteiger charge is -2.06. The van der Waals surface area contributed by atoms with Crippen LogP contribution in [-0.4, -0.2) is 36.6 Å². The van der Waals surface area contributed by atoms with E-state index in [0.29, 0.717) is 31.9 Å². The van der Waals surface area contributed by atoms with Crippen molar-refractivity contribution in [1.29, 1.82) is 0 Å². The first-order valence-electron chi connectivity index (χ1n) is 6.34. The number of hydrogen-bond acceptors (Lipinski definition) is 6. The molecule has 0 unspecified atom stereocenters. The van der Waals surface area contributed by atoms with E-state index in [0.717, 1.165) is 5.69 Å². The van der Waals surface area contributed by atoms with Gasteiger partial charge in [0, 0.05) is 12.6 Å². The predicted molar refractivity (Wildman–Crippen MR) is 76.1 cm³/mol. The van der Waals surface area contributed by atoms with E-state index < -0.39 is 10.0 Å². The van der Waals surface area contributed by atoms with Crippen LogP contribution in [0.25, 0.3) is 0 Å². The van der Waals surface area contributed by atoms with Crippen LogP contribution in [0.3, 0.4) is 0 Å². The molecular weight excluding hydrogens is 294 g/mol. The van der Waals surface area contributed by atoms with Crippen LogP contribution in [0.15, 0.2) is 35.4 Å². The van der Waals surface area contributed by atoms with Gasteiger partial charge in [-0.3, -0.25) is 0 Å². The first-order chi connectivity index (χ1) is 9.99. The number of ether oxygens (including phenoxy) is 1. The second-order valence-electron chi connectivity index (χ2n) is 4.38. The molecule has 0 amide bonds. The molecule has 0 aliphatic rings. The molecule has 21 heavy (non-hydrogen) atoms. The van der Waals surface area contributed by atoms with E-state index in [9.17, 15) is 8.42 Å². The van der Waals surface area contributed by atoms with Crippen molar-refractivity contribution < 1.29 is 13.2 Å². The van der Waals surface area contributed by atoms with E-state index >= 15 is 0 Å². The molecule has 0 bridgehead atoms. The normalized spacial score (nSPS) is 11.5. The predicted octanol–water partition coefficient (Wildman–Crippen LogP) is -0.494. The van der Waals surface area contributed by atoms with Crippen LogP contribution in [0.2, 0.25) is 0 Å². The van der Waals surface area contributed by atoms with Gasteiger partial charge in [0.25, 0.3) is 0 Å². The Labute approximate surface area is 122 Å². The molecule has 0 saturated heterocycles. The number of hydrogen-bond donors (Lipinski definition) is 2. The number of primary sulfonamides is 1. The number of sulfonamides is 1. The summed E-state index contributed by atoms with van der Waals surface area (Å²) in [4.78, 5) is 0.0533. The zero-order valence-electron chi connectivity index (χ0n) is 11.3. The largest absolute Gasteiger partial charge is 0.492 e. The van der Waals surface area contributed by atoms with Gasteiger partial charge >= 0.3 is 0 Å². The summed E-state index contributed by atoms with van der Waals surface area (Å²) in [5.41, 5.74) is 6.28. The third-order valence-corrected chi connectivity index (χ3v) is 3.66. The summed E-state index contributed by atoms with van der Waals surface area (Å²) in [6.07, 6.45) is 2.51. The molecule has 8 nitrogen and oxygen atoms in total. The molecule has 0 fully saturated rings. The summed E-state index contributed by atoms with van der Waals surface area (Å²) in [6, 6.07) is 5.92. The topological polar surface area (TPSA) is 126 Å². The molecule has 1 aromatic carbocycles. The summed E-state index contributed by atoms with van der Waals surface area (Å²) in [7, 11) is -3.67. The van der Waals surface area contributed by atoms with Crippen LogP contribution in [0.1, 0.15) is 5.69 Å². The summed E-state index contributed by atoms with van der Waals surface area (Å²) < 4.78 is 29.4. The molecule has 2 aromatic rings. The number of rotatable bonds is 7. The number of benzene rings is 1. The van der Waals surface area contributed by atoms with E-state index in [4.69, 9.17) is 15.6 Å². The van der Waals surface area contributed by atoms with Crippen LogP contribution >= 0.6 is 0 Å². The lowest BCUT2D eigenvalue weighted by molar-refractivity contribution is 0.289. The van der Waals surface area contributed by atoms with E-state index in [1.807, 2.05) is 6.20 Å². The van der Waals surface area contributed by atoms with Gasteiger partial charge in [-0.05, 0) is 30.8 Å². The average Bonchev–Trinajstić information content (AvgIpc) is 2.86. The molecule has 0 radical (unpaired) electrons. The van der Waals surface area contributed by atoms with Gasteiger partial charge in [0.1, 0.15) is 12.4 Å². The van der Waals surface area contributed by atoms with Gasteiger partial charge in [0.15, 0.2) is 0 Å². The Balaban J connectivity index is 1.85. The highest BCUT2D eigenvalue weighted by atomic mass is 32.2. The summed E-state index contributed by atoms with van der Waals surface area (Å²) in [6.45, 7) is 1.46. The Morgan fingerprint density at radius 1 is 1.24 bits per heavy atom. The van der Waals surface area contributed by atoms with Crippen LogP contribution in [0.4, 0.5) is 0 Å². The summed E-state index contributed by atoms with van der Waals surface area (Å²) >= 11 is 0. The van der Waals surface area contributed by atoms with Gasteiger partial charge in [-0.25, -0.2) is 18.2 Å². The minimum atomic E-state index is -3.67. The van der Waals surface area contributed by atoms with Crippen LogP contribution in [0, 0.1) is 0 Å². The molecule has 1 heterocycles. The Morgan fingerprint density at radius 3 is 2.57 bits per heavy atom. The van der Waals surface area contributed by atoms with Gasteiger partial charge in [0.2, 0.25) is 10.0 Å². The molecule has 0 saturated carbocycles. The molecule has 114 valence electrons. The van der Waals surface area contributed by atoms with E-state index in [1.165, 1.54) is 12.1 Å². The van der Waals surface area contributed by atoms with E-state index in [1.54, 1.807) is 16.8 Å². The van der Waals surface area contributed by atoms with Gasteiger partial charge in [0.05, 0.1) is 17.1 Å².